The third-order valence-electron chi connectivity index (χ3n) is 4.07. The molecule has 0 saturated heterocycles. The molecular weight excluding hydrogens is 366 g/mol. The zero-order chi connectivity index (χ0) is 18.6. The van der Waals surface area contributed by atoms with E-state index in [1.54, 1.807) is 41.7 Å². The molecule has 3 aromatic rings. The van der Waals surface area contributed by atoms with E-state index in [2.05, 4.69) is 10.9 Å². The molecule has 1 unspecified atom stereocenters. The van der Waals surface area contributed by atoms with Crippen molar-refractivity contribution in [2.45, 2.75) is 12.6 Å². The summed E-state index contributed by atoms with van der Waals surface area (Å²) in [6, 6.07) is 14.6. The molecule has 2 aromatic heterocycles. The molecule has 1 aliphatic heterocycles. The van der Waals surface area contributed by atoms with Gasteiger partial charge in [-0.2, -0.15) is 0 Å². The fraction of sp³-hybridized carbons (Fsp3) is 0.158. The van der Waals surface area contributed by atoms with E-state index >= 15 is 0 Å². The summed E-state index contributed by atoms with van der Waals surface area (Å²) in [7, 11) is 0. The fourth-order valence-electron chi connectivity index (χ4n) is 2.74. The first kappa shape index (κ1) is 17.2. The highest BCUT2D eigenvalue weighted by atomic mass is 32.1. The van der Waals surface area contributed by atoms with E-state index < -0.39 is 17.9 Å². The summed E-state index contributed by atoms with van der Waals surface area (Å²) in [4.78, 5) is 25.8. The van der Waals surface area contributed by atoms with E-state index in [1.807, 2.05) is 34.3 Å². The second-order valence-corrected chi connectivity index (χ2v) is 6.94. The van der Waals surface area contributed by atoms with Crippen LogP contribution < -0.4 is 20.3 Å². The van der Waals surface area contributed by atoms with E-state index in [1.165, 1.54) is 0 Å². The van der Waals surface area contributed by atoms with Gasteiger partial charge in [0.15, 0.2) is 11.5 Å². The predicted octanol–water partition coefficient (Wildman–Crippen LogP) is 2.20. The Labute approximate surface area is 159 Å². The van der Waals surface area contributed by atoms with Gasteiger partial charge in [-0.25, -0.2) is 0 Å². The Morgan fingerprint density at radius 3 is 2.74 bits per heavy atom. The largest absolute Gasteiger partial charge is 0.485 e. The predicted molar refractivity (Wildman–Crippen MR) is 99.8 cm³/mol. The van der Waals surface area contributed by atoms with Crippen molar-refractivity contribution < 1.29 is 19.1 Å². The second kappa shape index (κ2) is 7.55. The van der Waals surface area contributed by atoms with Gasteiger partial charge in [-0.05, 0) is 35.7 Å². The first-order valence-corrected chi connectivity index (χ1v) is 9.25. The summed E-state index contributed by atoms with van der Waals surface area (Å²) >= 11 is 1.62. The lowest BCUT2D eigenvalue weighted by molar-refractivity contribution is -0.131. The number of ether oxygens (including phenoxy) is 2. The van der Waals surface area contributed by atoms with E-state index in [9.17, 15) is 9.59 Å². The molecule has 8 heteroatoms. The number of fused-ring (bicyclic) bond motifs is 1. The van der Waals surface area contributed by atoms with Crippen molar-refractivity contribution in [3.8, 4) is 11.5 Å². The summed E-state index contributed by atoms with van der Waals surface area (Å²) < 4.78 is 13.0. The molecule has 1 aliphatic rings. The normalized spacial score (nSPS) is 15.2. The smallest absolute Gasteiger partial charge is 0.286 e. The number of hydrogen-bond acceptors (Lipinski definition) is 5. The third kappa shape index (κ3) is 3.80. The molecule has 2 N–H and O–H groups in total. The quantitative estimate of drug-likeness (QED) is 0.677. The topological polar surface area (TPSA) is 81.6 Å². The zero-order valence-electron chi connectivity index (χ0n) is 14.3. The maximum atomic E-state index is 12.4. The Bertz CT molecular complexity index is 952. The van der Waals surface area contributed by atoms with Gasteiger partial charge in [-0.1, -0.05) is 18.2 Å². The Morgan fingerprint density at radius 1 is 1.07 bits per heavy atom. The van der Waals surface area contributed by atoms with Crippen molar-refractivity contribution in [1.29, 1.82) is 0 Å². The summed E-state index contributed by atoms with van der Waals surface area (Å²) in [6.45, 7) is 0.672. The molecule has 4 rings (SSSR count). The standard InChI is InChI=1S/C19H17N3O4S/c23-18(14-6-3-9-22(14)11-13-5-4-10-27-13)20-21-19(24)17-12-25-15-7-1-2-8-16(15)26-17/h1-10,17H,11-12H2,(H,20,23)(H,21,24). The van der Waals surface area contributed by atoms with E-state index in [4.69, 9.17) is 9.47 Å². The SMILES string of the molecule is O=C(NNC(=O)C1COc2ccccc2O1)c1cccn1Cc1cccs1. The molecule has 7 nitrogen and oxygen atoms in total. The highest BCUT2D eigenvalue weighted by molar-refractivity contribution is 7.09. The molecule has 0 bridgehead atoms. The van der Waals surface area contributed by atoms with Crippen LogP contribution in [0.4, 0.5) is 0 Å². The Hall–Kier alpha value is -3.26. The van der Waals surface area contributed by atoms with Crippen LogP contribution in [0, 0.1) is 0 Å². The van der Waals surface area contributed by atoms with Crippen LogP contribution in [0.5, 0.6) is 11.5 Å². The number of thiophene rings is 1. The zero-order valence-corrected chi connectivity index (χ0v) is 15.1. The number of aromatic nitrogens is 1. The number of rotatable bonds is 4. The number of nitrogens with one attached hydrogen (secondary N) is 2. The monoisotopic (exact) mass is 383 g/mol. The average molecular weight is 383 g/mol. The fourth-order valence-corrected chi connectivity index (χ4v) is 3.44. The van der Waals surface area contributed by atoms with Crippen molar-refractivity contribution in [3.63, 3.8) is 0 Å². The Morgan fingerprint density at radius 2 is 1.93 bits per heavy atom. The van der Waals surface area contributed by atoms with Gasteiger partial charge in [-0.3, -0.25) is 20.4 Å². The van der Waals surface area contributed by atoms with E-state index in [0.717, 1.165) is 4.88 Å². The van der Waals surface area contributed by atoms with Crippen molar-refractivity contribution in [3.05, 3.63) is 70.7 Å². The van der Waals surface area contributed by atoms with E-state index in [-0.39, 0.29) is 6.61 Å². The summed E-state index contributed by atoms with van der Waals surface area (Å²) in [5.41, 5.74) is 5.29. The Kier molecular flexibility index (Phi) is 4.80. The van der Waals surface area contributed by atoms with Crippen LogP contribution in [0.2, 0.25) is 0 Å². The molecular formula is C19H17N3O4S. The molecule has 3 heterocycles. The number of nitrogens with zero attached hydrogens (tertiary/aromatic N) is 1. The lowest BCUT2D eigenvalue weighted by Crippen LogP contribution is -2.51. The van der Waals surface area contributed by atoms with Gasteiger partial charge in [0.2, 0.25) is 6.10 Å². The highest BCUT2D eigenvalue weighted by Gasteiger charge is 2.27. The van der Waals surface area contributed by atoms with Crippen LogP contribution in [-0.2, 0) is 11.3 Å². The van der Waals surface area contributed by atoms with Gasteiger partial charge in [0.1, 0.15) is 12.3 Å². The molecule has 0 radical (unpaired) electrons. The summed E-state index contributed by atoms with van der Waals surface area (Å²) in [6.07, 6.45) is 0.990. The summed E-state index contributed by atoms with van der Waals surface area (Å²) in [5.74, 6) is 0.216. The van der Waals surface area contributed by atoms with Gasteiger partial charge in [0.25, 0.3) is 11.8 Å². The molecule has 27 heavy (non-hydrogen) atoms. The lowest BCUT2D eigenvalue weighted by atomic mass is 10.2. The number of benzene rings is 1. The first-order chi connectivity index (χ1) is 13.2. The van der Waals surface area contributed by atoms with Gasteiger partial charge in [-0.15, -0.1) is 11.3 Å². The van der Waals surface area contributed by atoms with Crippen LogP contribution in [-0.4, -0.2) is 29.1 Å². The minimum Gasteiger partial charge on any atom is -0.485 e. The number of amides is 2. The number of para-hydroxylation sites is 2. The van der Waals surface area contributed by atoms with Crippen molar-refractivity contribution in [1.82, 2.24) is 15.4 Å². The number of carbonyl (C=O) groups excluding carboxylic acids is 2. The maximum Gasteiger partial charge on any atom is 0.286 e. The van der Waals surface area contributed by atoms with E-state index in [0.29, 0.717) is 23.7 Å². The molecule has 1 aromatic carbocycles. The third-order valence-corrected chi connectivity index (χ3v) is 4.93. The average Bonchev–Trinajstić information content (AvgIpc) is 3.38. The lowest BCUT2D eigenvalue weighted by Gasteiger charge is -2.25. The molecule has 0 aliphatic carbocycles. The minimum atomic E-state index is -0.835. The molecule has 0 saturated carbocycles. The van der Waals surface area contributed by atoms with Gasteiger partial charge in [0.05, 0.1) is 6.54 Å². The van der Waals surface area contributed by atoms with Crippen LogP contribution in [0.15, 0.2) is 60.1 Å². The number of hydrazine groups is 1. The van der Waals surface area contributed by atoms with Crippen LogP contribution >= 0.6 is 11.3 Å². The van der Waals surface area contributed by atoms with Gasteiger partial charge >= 0.3 is 0 Å². The highest BCUT2D eigenvalue weighted by Crippen LogP contribution is 2.30. The maximum absolute atomic E-state index is 12.4. The van der Waals surface area contributed by atoms with Crippen molar-refractivity contribution >= 4 is 23.2 Å². The Balaban J connectivity index is 1.35. The van der Waals surface area contributed by atoms with Gasteiger partial charge < -0.3 is 14.0 Å². The van der Waals surface area contributed by atoms with Crippen molar-refractivity contribution in [2.75, 3.05) is 6.61 Å². The molecule has 138 valence electrons. The van der Waals surface area contributed by atoms with Crippen LogP contribution in [0.3, 0.4) is 0 Å². The molecule has 2 amide bonds. The van der Waals surface area contributed by atoms with Crippen LogP contribution in [0.25, 0.3) is 0 Å². The number of carbonyl (C=O) groups is 2. The summed E-state index contributed by atoms with van der Waals surface area (Å²) in [5, 5.41) is 1.99. The first-order valence-electron chi connectivity index (χ1n) is 8.37. The van der Waals surface area contributed by atoms with Crippen LogP contribution in [0.1, 0.15) is 15.4 Å². The number of hydrogen-bond donors (Lipinski definition) is 2. The minimum absolute atomic E-state index is 0.0769. The molecule has 1 atom stereocenters. The molecule has 0 spiro atoms. The van der Waals surface area contributed by atoms with Crippen molar-refractivity contribution in [2.24, 2.45) is 0 Å². The second-order valence-electron chi connectivity index (χ2n) is 5.91. The van der Waals surface area contributed by atoms with Gasteiger partial charge in [0, 0.05) is 11.1 Å². The molecule has 0 fully saturated rings.